The number of nitrogens with one attached hydrogen (secondary N) is 1. The molecule has 4 nitrogen and oxygen atoms in total. The van der Waals surface area contributed by atoms with Gasteiger partial charge >= 0.3 is 0 Å². The molecule has 1 heterocycles. The van der Waals surface area contributed by atoms with Gasteiger partial charge in [-0.2, -0.15) is 0 Å². The molecule has 0 radical (unpaired) electrons. The van der Waals surface area contributed by atoms with Gasteiger partial charge in [0.1, 0.15) is 11.5 Å². The third-order valence-corrected chi connectivity index (χ3v) is 4.36. The Morgan fingerprint density at radius 1 is 1.29 bits per heavy atom. The van der Waals surface area contributed by atoms with Crippen LogP contribution in [0.15, 0.2) is 18.2 Å². The van der Waals surface area contributed by atoms with Crippen molar-refractivity contribution in [3.8, 4) is 11.5 Å². The summed E-state index contributed by atoms with van der Waals surface area (Å²) in [5, 5.41) is 3.34. The minimum absolute atomic E-state index is 0.405. The normalized spacial score (nSPS) is 22.5. The number of hydrogen-bond acceptors (Lipinski definition) is 4. The van der Waals surface area contributed by atoms with Crippen LogP contribution in [0.1, 0.15) is 31.4 Å². The molecular weight excluding hydrogens is 264 g/mol. The highest BCUT2D eigenvalue weighted by Gasteiger charge is 2.36. The lowest BCUT2D eigenvalue weighted by Gasteiger charge is -2.30. The summed E-state index contributed by atoms with van der Waals surface area (Å²) in [5.41, 5.74) is 1.25. The van der Waals surface area contributed by atoms with Crippen molar-refractivity contribution < 1.29 is 9.47 Å². The molecule has 2 rings (SSSR count). The van der Waals surface area contributed by atoms with E-state index >= 15 is 0 Å². The van der Waals surface area contributed by atoms with E-state index in [-0.39, 0.29) is 0 Å². The summed E-state index contributed by atoms with van der Waals surface area (Å²) in [6.07, 6.45) is 2.40. The summed E-state index contributed by atoms with van der Waals surface area (Å²) in [4.78, 5) is 2.58. The van der Waals surface area contributed by atoms with Crippen LogP contribution < -0.4 is 14.8 Å². The number of benzene rings is 1. The molecular formula is C17H28N2O2. The van der Waals surface area contributed by atoms with E-state index < -0.39 is 0 Å². The summed E-state index contributed by atoms with van der Waals surface area (Å²) < 4.78 is 11.0. The van der Waals surface area contributed by atoms with Crippen molar-refractivity contribution in [2.45, 2.75) is 25.8 Å². The summed E-state index contributed by atoms with van der Waals surface area (Å²) in [6, 6.07) is 6.53. The predicted molar refractivity (Wildman–Crippen MR) is 86.2 cm³/mol. The lowest BCUT2D eigenvalue weighted by atomic mass is 9.92. The largest absolute Gasteiger partial charge is 0.497 e. The van der Waals surface area contributed by atoms with Crippen LogP contribution in [0, 0.1) is 5.92 Å². The minimum Gasteiger partial charge on any atom is -0.497 e. The van der Waals surface area contributed by atoms with Crippen molar-refractivity contribution in [1.82, 2.24) is 10.2 Å². The maximum Gasteiger partial charge on any atom is 0.123 e. The molecule has 1 saturated heterocycles. The molecule has 0 amide bonds. The first-order valence-electron chi connectivity index (χ1n) is 7.85. The van der Waals surface area contributed by atoms with Crippen molar-refractivity contribution in [1.29, 1.82) is 0 Å². The molecule has 2 unspecified atom stereocenters. The first kappa shape index (κ1) is 16.1. The van der Waals surface area contributed by atoms with E-state index in [2.05, 4.69) is 23.2 Å². The van der Waals surface area contributed by atoms with Crippen LogP contribution in [0.25, 0.3) is 0 Å². The van der Waals surface area contributed by atoms with E-state index in [0.717, 1.165) is 31.1 Å². The average molecular weight is 292 g/mol. The Kier molecular flexibility index (Phi) is 5.88. The number of methoxy groups -OCH3 is 2. The van der Waals surface area contributed by atoms with Gasteiger partial charge in [-0.1, -0.05) is 6.92 Å². The lowest BCUT2D eigenvalue weighted by Crippen LogP contribution is -2.30. The van der Waals surface area contributed by atoms with E-state index in [1.54, 1.807) is 14.2 Å². The van der Waals surface area contributed by atoms with Crippen LogP contribution >= 0.6 is 0 Å². The molecule has 118 valence electrons. The summed E-state index contributed by atoms with van der Waals surface area (Å²) in [6.45, 7) is 5.56. The minimum atomic E-state index is 0.405. The molecule has 1 aliphatic heterocycles. The lowest BCUT2D eigenvalue weighted by molar-refractivity contribution is 0.221. The van der Waals surface area contributed by atoms with Crippen LogP contribution in [0.5, 0.6) is 11.5 Å². The van der Waals surface area contributed by atoms with E-state index in [1.807, 2.05) is 19.2 Å². The van der Waals surface area contributed by atoms with Crippen molar-refractivity contribution in [2.75, 3.05) is 40.9 Å². The van der Waals surface area contributed by atoms with Crippen LogP contribution in [0.2, 0.25) is 0 Å². The Balaban J connectivity index is 2.37. The Bertz CT molecular complexity index is 436. The smallest absolute Gasteiger partial charge is 0.123 e. The van der Waals surface area contributed by atoms with Gasteiger partial charge in [-0.3, -0.25) is 4.90 Å². The maximum absolute atomic E-state index is 5.61. The van der Waals surface area contributed by atoms with E-state index in [9.17, 15) is 0 Å². The van der Waals surface area contributed by atoms with Crippen molar-refractivity contribution in [2.24, 2.45) is 5.92 Å². The van der Waals surface area contributed by atoms with Crippen molar-refractivity contribution in [3.63, 3.8) is 0 Å². The molecule has 4 heteroatoms. The van der Waals surface area contributed by atoms with Gasteiger partial charge in [-0.15, -0.1) is 0 Å². The first-order chi connectivity index (χ1) is 10.2. The molecule has 2 atom stereocenters. The van der Waals surface area contributed by atoms with Crippen LogP contribution in [-0.4, -0.2) is 45.8 Å². The van der Waals surface area contributed by atoms with Crippen LogP contribution in [0.3, 0.4) is 0 Å². The van der Waals surface area contributed by atoms with Gasteiger partial charge in [0.25, 0.3) is 0 Å². The van der Waals surface area contributed by atoms with Crippen molar-refractivity contribution >= 4 is 0 Å². The highest BCUT2D eigenvalue weighted by molar-refractivity contribution is 5.43. The monoisotopic (exact) mass is 292 g/mol. The number of rotatable bonds is 7. The van der Waals surface area contributed by atoms with Gasteiger partial charge in [-0.05, 0) is 63.6 Å². The molecule has 0 saturated carbocycles. The molecule has 1 aromatic carbocycles. The molecule has 0 spiro atoms. The fourth-order valence-corrected chi connectivity index (χ4v) is 3.46. The molecule has 1 fully saturated rings. The maximum atomic E-state index is 5.61. The fraction of sp³-hybridized carbons (Fsp3) is 0.647. The molecule has 0 bridgehead atoms. The topological polar surface area (TPSA) is 33.7 Å². The standard InChI is InChI=1S/C17H28N2O2/c1-5-9-19-10-8-13(12-18-2)17(19)15-11-14(20-3)6-7-16(15)21-4/h6-7,11,13,17-18H,5,8-10,12H2,1-4H3. The second kappa shape index (κ2) is 7.66. The average Bonchev–Trinajstić information content (AvgIpc) is 2.90. The van der Waals surface area contributed by atoms with Crippen molar-refractivity contribution in [3.05, 3.63) is 23.8 Å². The molecule has 1 aromatic rings. The van der Waals surface area contributed by atoms with E-state index in [4.69, 9.17) is 9.47 Å². The van der Waals surface area contributed by atoms with Gasteiger partial charge in [0, 0.05) is 11.6 Å². The molecule has 21 heavy (non-hydrogen) atoms. The Morgan fingerprint density at radius 3 is 2.71 bits per heavy atom. The van der Waals surface area contributed by atoms with Crippen LogP contribution in [0.4, 0.5) is 0 Å². The first-order valence-corrected chi connectivity index (χ1v) is 7.85. The van der Waals surface area contributed by atoms with Gasteiger partial charge in [0.2, 0.25) is 0 Å². The zero-order chi connectivity index (χ0) is 15.2. The third kappa shape index (κ3) is 3.50. The molecule has 1 aliphatic rings. The SMILES string of the molecule is CCCN1CCC(CNC)C1c1cc(OC)ccc1OC. The predicted octanol–water partition coefficient (Wildman–Crippen LogP) is 2.70. The van der Waals surface area contributed by atoms with Gasteiger partial charge < -0.3 is 14.8 Å². The highest BCUT2D eigenvalue weighted by Crippen LogP contribution is 2.42. The summed E-state index contributed by atoms with van der Waals surface area (Å²) in [7, 11) is 5.50. The summed E-state index contributed by atoms with van der Waals surface area (Å²) in [5.74, 6) is 2.48. The Hall–Kier alpha value is -1.26. The number of nitrogens with zero attached hydrogens (tertiary/aromatic N) is 1. The van der Waals surface area contributed by atoms with E-state index in [0.29, 0.717) is 12.0 Å². The van der Waals surface area contributed by atoms with E-state index in [1.165, 1.54) is 18.4 Å². The van der Waals surface area contributed by atoms with Gasteiger partial charge in [0.05, 0.1) is 14.2 Å². The number of hydrogen-bond donors (Lipinski definition) is 1. The van der Waals surface area contributed by atoms with Gasteiger partial charge in [0.15, 0.2) is 0 Å². The zero-order valence-electron chi connectivity index (χ0n) is 13.7. The molecule has 1 N–H and O–H groups in total. The molecule has 0 aromatic heterocycles. The second-order valence-corrected chi connectivity index (χ2v) is 5.70. The Morgan fingerprint density at radius 2 is 2.10 bits per heavy atom. The second-order valence-electron chi connectivity index (χ2n) is 5.70. The Labute approximate surface area is 128 Å². The third-order valence-electron chi connectivity index (χ3n) is 4.36. The van der Waals surface area contributed by atoms with Gasteiger partial charge in [-0.25, -0.2) is 0 Å². The molecule has 0 aliphatic carbocycles. The highest BCUT2D eigenvalue weighted by atomic mass is 16.5. The zero-order valence-corrected chi connectivity index (χ0v) is 13.7. The fourth-order valence-electron chi connectivity index (χ4n) is 3.46. The quantitative estimate of drug-likeness (QED) is 0.838. The van der Waals surface area contributed by atoms with Crippen LogP contribution in [-0.2, 0) is 0 Å². The number of likely N-dealkylation sites (tertiary alicyclic amines) is 1. The number of ether oxygens (including phenoxy) is 2. The summed E-state index contributed by atoms with van der Waals surface area (Å²) >= 11 is 0.